The standard InChI is InChI=1S/C25H32N2O3S/c1-6-26(7-2)14-15-27-21(17-10-12-18(13-11-17)25(3,4)5)20(23(29)24(27)30)22(28)19-9-8-16-31-19/h8-13,16,21,29H,6-7,14-15H2,1-5H3/p+1/t21-/m0/s1. The van der Waals surface area contributed by atoms with Gasteiger partial charge in [0.25, 0.3) is 5.91 Å². The summed E-state index contributed by atoms with van der Waals surface area (Å²) in [6, 6.07) is 11.0. The third-order valence-electron chi connectivity index (χ3n) is 6.09. The van der Waals surface area contributed by atoms with Gasteiger partial charge in [-0.1, -0.05) is 51.1 Å². The van der Waals surface area contributed by atoms with Crippen LogP contribution in [0.15, 0.2) is 53.1 Å². The maximum atomic E-state index is 13.3. The molecule has 0 bridgehead atoms. The molecule has 2 N–H and O–H groups in total. The monoisotopic (exact) mass is 441 g/mol. The molecular weight excluding hydrogens is 408 g/mol. The number of carbonyl (C=O) groups excluding carboxylic acids is 2. The Balaban J connectivity index is 2.02. The Kier molecular flexibility index (Phi) is 7.02. The number of rotatable bonds is 8. The molecule has 1 aromatic carbocycles. The molecule has 1 atom stereocenters. The summed E-state index contributed by atoms with van der Waals surface area (Å²) in [5.41, 5.74) is 2.22. The summed E-state index contributed by atoms with van der Waals surface area (Å²) in [6.07, 6.45) is 0. The number of Topliss-reactive ketones (excluding diaryl/α,β-unsaturated/α-hetero) is 1. The van der Waals surface area contributed by atoms with Crippen molar-refractivity contribution in [3.63, 3.8) is 0 Å². The van der Waals surface area contributed by atoms with Crippen LogP contribution in [0.1, 0.15) is 61.5 Å². The van der Waals surface area contributed by atoms with Crippen LogP contribution in [0.5, 0.6) is 0 Å². The van der Waals surface area contributed by atoms with Gasteiger partial charge in [0.15, 0.2) is 5.76 Å². The highest BCUT2D eigenvalue weighted by Gasteiger charge is 2.44. The molecule has 1 aromatic heterocycles. The van der Waals surface area contributed by atoms with Gasteiger partial charge in [-0.05, 0) is 41.8 Å². The number of aliphatic hydroxyl groups is 1. The van der Waals surface area contributed by atoms with Crippen molar-refractivity contribution in [2.24, 2.45) is 0 Å². The Morgan fingerprint density at radius 2 is 1.77 bits per heavy atom. The van der Waals surface area contributed by atoms with Gasteiger partial charge < -0.3 is 14.9 Å². The van der Waals surface area contributed by atoms with Crippen LogP contribution in [0.25, 0.3) is 0 Å². The zero-order valence-corrected chi connectivity index (χ0v) is 19.9. The van der Waals surface area contributed by atoms with Crippen molar-refractivity contribution >= 4 is 23.0 Å². The van der Waals surface area contributed by atoms with E-state index in [9.17, 15) is 14.7 Å². The van der Waals surface area contributed by atoms with Crippen LogP contribution in [-0.2, 0) is 10.2 Å². The number of amides is 1. The maximum absolute atomic E-state index is 13.3. The topological polar surface area (TPSA) is 62.1 Å². The van der Waals surface area contributed by atoms with E-state index in [1.165, 1.54) is 21.8 Å². The number of ketones is 1. The Bertz CT molecular complexity index is 952. The lowest BCUT2D eigenvalue weighted by atomic mass is 9.85. The fraction of sp³-hybridized carbons (Fsp3) is 0.440. The Hall–Kier alpha value is -2.44. The molecule has 1 aliphatic rings. The van der Waals surface area contributed by atoms with E-state index in [-0.39, 0.29) is 16.8 Å². The molecule has 6 heteroatoms. The number of hydrogen-bond acceptors (Lipinski definition) is 4. The summed E-state index contributed by atoms with van der Waals surface area (Å²) in [7, 11) is 0. The summed E-state index contributed by atoms with van der Waals surface area (Å²) in [6.45, 7) is 13.9. The predicted octanol–water partition coefficient (Wildman–Crippen LogP) is 3.55. The molecule has 1 aliphatic heterocycles. The third kappa shape index (κ3) is 4.75. The molecule has 2 heterocycles. The van der Waals surface area contributed by atoms with Gasteiger partial charge in [-0.25, -0.2) is 0 Å². The smallest absolute Gasteiger partial charge is 0.290 e. The Morgan fingerprint density at radius 1 is 1.13 bits per heavy atom. The second kappa shape index (κ2) is 9.37. The molecule has 0 fully saturated rings. The van der Waals surface area contributed by atoms with Crippen LogP contribution < -0.4 is 4.90 Å². The first-order valence-electron chi connectivity index (χ1n) is 10.9. The van der Waals surface area contributed by atoms with E-state index in [1.807, 2.05) is 17.5 Å². The average molecular weight is 442 g/mol. The van der Waals surface area contributed by atoms with Crippen molar-refractivity contribution in [3.05, 3.63) is 69.1 Å². The molecule has 0 saturated heterocycles. The largest absolute Gasteiger partial charge is 0.503 e. The zero-order chi connectivity index (χ0) is 22.8. The lowest BCUT2D eigenvalue weighted by Gasteiger charge is -2.28. The summed E-state index contributed by atoms with van der Waals surface area (Å²) >= 11 is 1.32. The number of carbonyl (C=O) groups is 2. The fourth-order valence-electron chi connectivity index (χ4n) is 4.05. The number of likely N-dealkylation sites (N-methyl/N-ethyl adjacent to an activating group) is 1. The van der Waals surface area contributed by atoms with Gasteiger partial charge in [0, 0.05) is 0 Å². The van der Waals surface area contributed by atoms with Crippen LogP contribution in [0.2, 0.25) is 0 Å². The van der Waals surface area contributed by atoms with Gasteiger partial charge in [-0.2, -0.15) is 0 Å². The number of hydrogen-bond donors (Lipinski definition) is 2. The minimum Gasteiger partial charge on any atom is -0.503 e. The van der Waals surface area contributed by atoms with Crippen molar-refractivity contribution in [2.75, 3.05) is 26.2 Å². The first-order valence-corrected chi connectivity index (χ1v) is 11.8. The SMILES string of the molecule is CC[NH+](CC)CCN1C(=O)C(O)=C(C(=O)c2cccs2)[C@@H]1c1ccc(C(C)(C)C)cc1. The first-order chi connectivity index (χ1) is 14.7. The minimum atomic E-state index is -0.578. The number of benzene rings is 1. The lowest BCUT2D eigenvalue weighted by molar-refractivity contribution is -0.895. The van der Waals surface area contributed by atoms with E-state index >= 15 is 0 Å². The van der Waals surface area contributed by atoms with Crippen molar-refractivity contribution in [1.82, 2.24) is 4.90 Å². The summed E-state index contributed by atoms with van der Waals surface area (Å²) in [5.74, 6) is -1.15. The predicted molar refractivity (Wildman–Crippen MR) is 125 cm³/mol. The first kappa shape index (κ1) is 23.2. The average Bonchev–Trinajstić information content (AvgIpc) is 3.36. The lowest BCUT2D eigenvalue weighted by Crippen LogP contribution is -3.12. The second-order valence-electron chi connectivity index (χ2n) is 9.05. The van der Waals surface area contributed by atoms with Crippen LogP contribution in [0, 0.1) is 0 Å². The second-order valence-corrected chi connectivity index (χ2v) is 10.00. The fourth-order valence-corrected chi connectivity index (χ4v) is 4.73. The van der Waals surface area contributed by atoms with Crippen LogP contribution in [0.4, 0.5) is 0 Å². The molecule has 5 nitrogen and oxygen atoms in total. The number of nitrogens with one attached hydrogen (secondary N) is 1. The summed E-state index contributed by atoms with van der Waals surface area (Å²) in [4.78, 5) is 29.9. The maximum Gasteiger partial charge on any atom is 0.290 e. The van der Waals surface area contributed by atoms with Crippen molar-refractivity contribution in [1.29, 1.82) is 0 Å². The van der Waals surface area contributed by atoms with Crippen LogP contribution in [0.3, 0.4) is 0 Å². The molecular formula is C25H33N2O3S+. The Labute approximate surface area is 189 Å². The molecule has 0 aliphatic carbocycles. The summed E-state index contributed by atoms with van der Waals surface area (Å²) < 4.78 is 0. The van der Waals surface area contributed by atoms with Gasteiger partial charge in [-0.3, -0.25) is 9.59 Å². The molecule has 0 spiro atoms. The zero-order valence-electron chi connectivity index (χ0n) is 19.1. The van der Waals surface area contributed by atoms with E-state index in [4.69, 9.17) is 0 Å². The molecule has 2 aromatic rings. The number of nitrogens with zero attached hydrogens (tertiary/aromatic N) is 1. The van der Waals surface area contributed by atoms with Gasteiger partial charge in [-0.15, -0.1) is 11.3 Å². The molecule has 166 valence electrons. The van der Waals surface area contributed by atoms with E-state index in [0.29, 0.717) is 11.4 Å². The molecule has 31 heavy (non-hydrogen) atoms. The number of thiophene rings is 1. The van der Waals surface area contributed by atoms with Gasteiger partial charge in [0.05, 0.1) is 42.7 Å². The highest BCUT2D eigenvalue weighted by Crippen LogP contribution is 2.39. The van der Waals surface area contributed by atoms with Crippen LogP contribution in [-0.4, -0.2) is 47.9 Å². The van der Waals surface area contributed by atoms with E-state index in [2.05, 4.69) is 46.8 Å². The van der Waals surface area contributed by atoms with Gasteiger partial charge >= 0.3 is 0 Å². The minimum absolute atomic E-state index is 0.00339. The number of quaternary nitrogens is 1. The molecule has 3 rings (SSSR count). The van der Waals surface area contributed by atoms with E-state index in [1.54, 1.807) is 17.0 Å². The molecule has 1 amide bonds. The Morgan fingerprint density at radius 3 is 2.29 bits per heavy atom. The number of aliphatic hydroxyl groups excluding tert-OH is 1. The highest BCUT2D eigenvalue weighted by molar-refractivity contribution is 7.12. The quantitative estimate of drug-likeness (QED) is 0.616. The van der Waals surface area contributed by atoms with Crippen LogP contribution >= 0.6 is 11.3 Å². The van der Waals surface area contributed by atoms with E-state index in [0.717, 1.165) is 25.2 Å². The molecule has 0 unspecified atom stereocenters. The van der Waals surface area contributed by atoms with Crippen molar-refractivity contribution < 1.29 is 19.6 Å². The van der Waals surface area contributed by atoms with Crippen molar-refractivity contribution in [3.8, 4) is 0 Å². The van der Waals surface area contributed by atoms with E-state index < -0.39 is 17.7 Å². The summed E-state index contributed by atoms with van der Waals surface area (Å²) in [5, 5.41) is 12.6. The van der Waals surface area contributed by atoms with Crippen molar-refractivity contribution in [2.45, 2.75) is 46.1 Å². The third-order valence-corrected chi connectivity index (χ3v) is 6.96. The highest BCUT2D eigenvalue weighted by atomic mass is 32.1. The normalized spacial score (nSPS) is 17.2. The molecule has 0 radical (unpaired) electrons. The van der Waals surface area contributed by atoms with Gasteiger partial charge in [0.1, 0.15) is 0 Å². The van der Waals surface area contributed by atoms with Gasteiger partial charge in [0.2, 0.25) is 5.78 Å². The molecule has 0 saturated carbocycles.